The minimum Gasteiger partial charge on any atom is -0.326 e. The zero-order valence-electron chi connectivity index (χ0n) is 10.4. The van der Waals surface area contributed by atoms with E-state index in [1.165, 1.54) is 0 Å². The first kappa shape index (κ1) is 13.7. The summed E-state index contributed by atoms with van der Waals surface area (Å²) in [6.07, 6.45) is 0.890. The summed E-state index contributed by atoms with van der Waals surface area (Å²) in [4.78, 5) is 11.8. The number of hydrogen-bond donors (Lipinski definition) is 3. The quantitative estimate of drug-likeness (QED) is 0.722. The number of benzene rings is 1. The average Bonchev–Trinajstić information content (AvgIpc) is 2.37. The Bertz CT molecular complexity index is 361. The van der Waals surface area contributed by atoms with Crippen molar-refractivity contribution in [3.63, 3.8) is 0 Å². The number of hydrogen-bond acceptors (Lipinski definition) is 3. The third-order valence-corrected chi connectivity index (χ3v) is 3.02. The van der Waals surface area contributed by atoms with E-state index in [1.807, 2.05) is 38.1 Å². The van der Waals surface area contributed by atoms with Crippen LogP contribution in [-0.4, -0.2) is 11.9 Å². The van der Waals surface area contributed by atoms with E-state index in [0.717, 1.165) is 17.7 Å². The summed E-state index contributed by atoms with van der Waals surface area (Å²) in [5, 5.41) is 2.80. The van der Waals surface area contributed by atoms with Crippen molar-refractivity contribution in [1.29, 1.82) is 0 Å². The first-order valence-electron chi connectivity index (χ1n) is 5.94. The van der Waals surface area contributed by atoms with Gasteiger partial charge in [-0.3, -0.25) is 4.79 Å². The van der Waals surface area contributed by atoms with Gasteiger partial charge in [0.1, 0.15) is 0 Å². The lowest BCUT2D eigenvalue weighted by molar-refractivity contribution is -0.118. The third-order valence-electron chi connectivity index (χ3n) is 3.02. The Morgan fingerprint density at radius 1 is 1.35 bits per heavy atom. The molecule has 0 aliphatic carbocycles. The van der Waals surface area contributed by atoms with E-state index in [9.17, 15) is 4.79 Å². The lowest BCUT2D eigenvalue weighted by atomic mass is 9.99. The molecule has 17 heavy (non-hydrogen) atoms. The molecule has 1 aromatic carbocycles. The van der Waals surface area contributed by atoms with Crippen molar-refractivity contribution in [3.8, 4) is 0 Å². The number of nitrogens with two attached hydrogens (primary N) is 2. The maximum absolute atomic E-state index is 11.8. The first-order valence-corrected chi connectivity index (χ1v) is 5.94. The first-order chi connectivity index (χ1) is 8.08. The van der Waals surface area contributed by atoms with Crippen molar-refractivity contribution in [2.45, 2.75) is 32.9 Å². The van der Waals surface area contributed by atoms with Crippen LogP contribution in [-0.2, 0) is 11.3 Å². The second kappa shape index (κ2) is 6.37. The van der Waals surface area contributed by atoms with Gasteiger partial charge in [0.15, 0.2) is 0 Å². The van der Waals surface area contributed by atoms with Gasteiger partial charge < -0.3 is 16.8 Å². The van der Waals surface area contributed by atoms with Crippen molar-refractivity contribution in [2.75, 3.05) is 5.32 Å². The summed E-state index contributed by atoms with van der Waals surface area (Å²) in [5.41, 5.74) is 13.1. The van der Waals surface area contributed by atoms with Gasteiger partial charge in [0.2, 0.25) is 5.91 Å². The standard InChI is InChI=1S/C13H21N3O/c1-3-9(2)12(15)13(17)16-11-6-4-10(8-14)5-7-11/h4-7,9,12H,3,8,14-15H2,1-2H3,(H,16,17)/t9?,12-/m0/s1. The van der Waals surface area contributed by atoms with Crippen LogP contribution >= 0.6 is 0 Å². The maximum Gasteiger partial charge on any atom is 0.241 e. The van der Waals surface area contributed by atoms with E-state index in [1.54, 1.807) is 0 Å². The zero-order chi connectivity index (χ0) is 12.8. The van der Waals surface area contributed by atoms with Gasteiger partial charge in [0.05, 0.1) is 6.04 Å². The van der Waals surface area contributed by atoms with Crippen LogP contribution < -0.4 is 16.8 Å². The molecule has 4 nitrogen and oxygen atoms in total. The molecule has 4 heteroatoms. The molecular weight excluding hydrogens is 214 g/mol. The normalized spacial score (nSPS) is 14.1. The zero-order valence-corrected chi connectivity index (χ0v) is 10.4. The predicted octanol–water partition coefficient (Wildman–Crippen LogP) is 1.46. The summed E-state index contributed by atoms with van der Waals surface area (Å²) in [7, 11) is 0. The fraction of sp³-hybridized carbons (Fsp3) is 0.462. The molecule has 0 saturated carbocycles. The van der Waals surface area contributed by atoms with Crippen LogP contribution in [0.3, 0.4) is 0 Å². The molecule has 0 spiro atoms. The molecule has 0 aliphatic rings. The average molecular weight is 235 g/mol. The van der Waals surface area contributed by atoms with E-state index in [2.05, 4.69) is 5.32 Å². The highest BCUT2D eigenvalue weighted by Crippen LogP contribution is 2.12. The summed E-state index contributed by atoms with van der Waals surface area (Å²) in [6, 6.07) is 7.00. The smallest absolute Gasteiger partial charge is 0.241 e. The number of amides is 1. The van der Waals surface area contributed by atoms with Crippen molar-refractivity contribution in [3.05, 3.63) is 29.8 Å². The van der Waals surface area contributed by atoms with E-state index in [0.29, 0.717) is 6.54 Å². The molecular formula is C13H21N3O. The Morgan fingerprint density at radius 2 is 1.94 bits per heavy atom. The van der Waals surface area contributed by atoms with Crippen LogP contribution in [0.15, 0.2) is 24.3 Å². The molecule has 1 rings (SSSR count). The number of carbonyl (C=O) groups is 1. The molecule has 1 aromatic rings. The van der Waals surface area contributed by atoms with Crippen LogP contribution in [0, 0.1) is 5.92 Å². The molecule has 5 N–H and O–H groups in total. The molecule has 0 aromatic heterocycles. The summed E-state index contributed by atoms with van der Waals surface area (Å²) < 4.78 is 0. The summed E-state index contributed by atoms with van der Waals surface area (Å²) in [5.74, 6) is 0.0400. The van der Waals surface area contributed by atoms with Crippen molar-refractivity contribution in [1.82, 2.24) is 0 Å². The lowest BCUT2D eigenvalue weighted by Crippen LogP contribution is -2.40. The minimum atomic E-state index is -0.464. The highest BCUT2D eigenvalue weighted by molar-refractivity contribution is 5.94. The van der Waals surface area contributed by atoms with E-state index in [-0.39, 0.29) is 11.8 Å². The Hall–Kier alpha value is -1.39. The number of carbonyl (C=O) groups excluding carboxylic acids is 1. The predicted molar refractivity (Wildman–Crippen MR) is 70.4 cm³/mol. The third kappa shape index (κ3) is 3.84. The molecule has 0 bridgehead atoms. The van der Waals surface area contributed by atoms with Crippen molar-refractivity contribution < 1.29 is 4.79 Å². The second-order valence-electron chi connectivity index (χ2n) is 4.30. The molecule has 94 valence electrons. The summed E-state index contributed by atoms with van der Waals surface area (Å²) >= 11 is 0. The van der Waals surface area contributed by atoms with Gasteiger partial charge in [-0.15, -0.1) is 0 Å². The molecule has 0 aliphatic heterocycles. The summed E-state index contributed by atoms with van der Waals surface area (Å²) in [6.45, 7) is 4.50. The molecule has 1 amide bonds. The van der Waals surface area contributed by atoms with Crippen LogP contribution in [0.2, 0.25) is 0 Å². The number of anilines is 1. The highest BCUT2D eigenvalue weighted by Gasteiger charge is 2.19. The number of nitrogens with one attached hydrogen (secondary N) is 1. The van der Waals surface area contributed by atoms with Crippen molar-refractivity contribution in [2.24, 2.45) is 17.4 Å². The van der Waals surface area contributed by atoms with Gasteiger partial charge in [-0.1, -0.05) is 32.4 Å². The van der Waals surface area contributed by atoms with E-state index >= 15 is 0 Å². The van der Waals surface area contributed by atoms with Crippen LogP contribution in [0.5, 0.6) is 0 Å². The SMILES string of the molecule is CCC(C)[C@H](N)C(=O)Nc1ccc(CN)cc1. The van der Waals surface area contributed by atoms with Gasteiger partial charge in [0, 0.05) is 12.2 Å². The van der Waals surface area contributed by atoms with E-state index in [4.69, 9.17) is 11.5 Å². The van der Waals surface area contributed by atoms with Crippen LogP contribution in [0.1, 0.15) is 25.8 Å². The van der Waals surface area contributed by atoms with Gasteiger partial charge >= 0.3 is 0 Å². The topological polar surface area (TPSA) is 81.1 Å². The largest absolute Gasteiger partial charge is 0.326 e. The van der Waals surface area contributed by atoms with Crippen LogP contribution in [0.4, 0.5) is 5.69 Å². The minimum absolute atomic E-state index is 0.139. The van der Waals surface area contributed by atoms with E-state index < -0.39 is 6.04 Å². The van der Waals surface area contributed by atoms with Gasteiger partial charge in [-0.2, -0.15) is 0 Å². The maximum atomic E-state index is 11.8. The Balaban J connectivity index is 2.61. The molecule has 2 atom stereocenters. The fourth-order valence-electron chi connectivity index (χ4n) is 1.46. The number of rotatable bonds is 5. The Morgan fingerprint density at radius 3 is 2.41 bits per heavy atom. The van der Waals surface area contributed by atoms with Gasteiger partial charge in [-0.05, 0) is 23.6 Å². The van der Waals surface area contributed by atoms with Gasteiger partial charge in [0.25, 0.3) is 0 Å². The highest BCUT2D eigenvalue weighted by atomic mass is 16.2. The lowest BCUT2D eigenvalue weighted by Gasteiger charge is -2.17. The fourth-order valence-corrected chi connectivity index (χ4v) is 1.46. The molecule has 1 unspecified atom stereocenters. The van der Waals surface area contributed by atoms with Crippen LogP contribution in [0.25, 0.3) is 0 Å². The molecule has 0 heterocycles. The van der Waals surface area contributed by atoms with Gasteiger partial charge in [-0.25, -0.2) is 0 Å². The molecule has 0 saturated heterocycles. The molecule has 0 radical (unpaired) electrons. The Labute approximate surface area is 102 Å². The Kier molecular flexibility index (Phi) is 5.12. The van der Waals surface area contributed by atoms with Crippen molar-refractivity contribution >= 4 is 11.6 Å². The molecule has 0 fully saturated rings. The monoisotopic (exact) mass is 235 g/mol. The second-order valence-corrected chi connectivity index (χ2v) is 4.30.